The molecule has 1 saturated heterocycles. The van der Waals surface area contributed by atoms with Gasteiger partial charge in [0.25, 0.3) is 0 Å². The van der Waals surface area contributed by atoms with Crippen molar-refractivity contribution < 1.29 is 19.1 Å². The molecule has 1 aliphatic heterocycles. The van der Waals surface area contributed by atoms with E-state index in [9.17, 15) is 9.59 Å². The van der Waals surface area contributed by atoms with Gasteiger partial charge in [-0.2, -0.15) is 5.10 Å². The Bertz CT molecular complexity index is 1050. The van der Waals surface area contributed by atoms with Crippen LogP contribution in [-0.2, 0) is 16.1 Å². The Morgan fingerprint density at radius 3 is 2.87 bits per heavy atom. The van der Waals surface area contributed by atoms with E-state index in [1.54, 1.807) is 41.1 Å². The number of nitrogens with one attached hydrogen (secondary N) is 1. The zero-order valence-electron chi connectivity index (χ0n) is 17.2. The second-order valence-electron chi connectivity index (χ2n) is 7.21. The van der Waals surface area contributed by atoms with Gasteiger partial charge in [0.1, 0.15) is 18.1 Å². The van der Waals surface area contributed by atoms with Gasteiger partial charge in [0, 0.05) is 37.1 Å². The van der Waals surface area contributed by atoms with E-state index in [4.69, 9.17) is 9.47 Å². The molecule has 2 heterocycles. The summed E-state index contributed by atoms with van der Waals surface area (Å²) >= 11 is 0. The smallest absolute Gasteiger partial charge is 0.229 e. The first-order chi connectivity index (χ1) is 15.1. The number of carbonyl (C=O) groups excluding carboxylic acids is 2. The summed E-state index contributed by atoms with van der Waals surface area (Å²) in [6, 6.07) is 16.4. The van der Waals surface area contributed by atoms with Crippen LogP contribution in [0.1, 0.15) is 6.42 Å². The minimum Gasteiger partial charge on any atom is -0.495 e. The van der Waals surface area contributed by atoms with Crippen LogP contribution in [0.4, 0.5) is 11.4 Å². The van der Waals surface area contributed by atoms with Crippen molar-refractivity contribution in [2.45, 2.75) is 13.0 Å². The summed E-state index contributed by atoms with van der Waals surface area (Å²) < 4.78 is 12.9. The van der Waals surface area contributed by atoms with E-state index >= 15 is 0 Å². The lowest BCUT2D eigenvalue weighted by Crippen LogP contribution is -2.28. The molecule has 2 aromatic carbocycles. The maximum absolute atomic E-state index is 12.8. The van der Waals surface area contributed by atoms with Gasteiger partial charge in [0.15, 0.2) is 0 Å². The minimum absolute atomic E-state index is 0.0969. The third-order valence-corrected chi connectivity index (χ3v) is 5.12. The van der Waals surface area contributed by atoms with Crippen LogP contribution in [0.25, 0.3) is 0 Å². The number of nitrogens with zero attached hydrogens (tertiary/aromatic N) is 3. The first kappa shape index (κ1) is 20.5. The van der Waals surface area contributed by atoms with E-state index in [1.807, 2.05) is 42.6 Å². The van der Waals surface area contributed by atoms with Gasteiger partial charge in [-0.15, -0.1) is 0 Å². The lowest BCUT2D eigenvalue weighted by atomic mass is 10.1. The van der Waals surface area contributed by atoms with Crippen LogP contribution in [0.5, 0.6) is 11.5 Å². The zero-order valence-corrected chi connectivity index (χ0v) is 17.2. The second kappa shape index (κ2) is 9.34. The van der Waals surface area contributed by atoms with Crippen molar-refractivity contribution >= 4 is 23.2 Å². The van der Waals surface area contributed by atoms with Gasteiger partial charge in [-0.05, 0) is 30.3 Å². The number of aromatic nitrogens is 2. The first-order valence-electron chi connectivity index (χ1n) is 10.1. The Balaban J connectivity index is 1.35. The summed E-state index contributed by atoms with van der Waals surface area (Å²) in [5.74, 6) is 0.529. The molecule has 1 unspecified atom stereocenters. The lowest BCUT2D eigenvalue weighted by molar-refractivity contribution is -0.122. The minimum atomic E-state index is -0.443. The fraction of sp³-hybridized carbons (Fsp3) is 0.261. The van der Waals surface area contributed by atoms with Crippen molar-refractivity contribution in [3.05, 3.63) is 67.0 Å². The Morgan fingerprint density at radius 1 is 1.19 bits per heavy atom. The van der Waals surface area contributed by atoms with Crippen LogP contribution < -0.4 is 19.7 Å². The fourth-order valence-corrected chi connectivity index (χ4v) is 3.57. The third-order valence-electron chi connectivity index (χ3n) is 5.12. The van der Waals surface area contributed by atoms with E-state index in [1.165, 1.54) is 0 Å². The van der Waals surface area contributed by atoms with Crippen LogP contribution >= 0.6 is 0 Å². The molecular formula is C23H24N4O4. The van der Waals surface area contributed by atoms with E-state index in [2.05, 4.69) is 10.4 Å². The quantitative estimate of drug-likeness (QED) is 0.606. The molecule has 0 aliphatic carbocycles. The summed E-state index contributed by atoms with van der Waals surface area (Å²) in [6.07, 6.45) is 3.75. The molecule has 1 N–H and O–H groups in total. The average molecular weight is 420 g/mol. The molecule has 8 heteroatoms. The standard InChI is InChI=1S/C23H24N4O4/c1-30-21-9-3-2-8-20(21)27-16-17(14-22(27)28)23(29)25-18-6-4-7-19(15-18)31-13-12-26-11-5-10-24-26/h2-11,15,17H,12-14,16H2,1H3,(H,25,29). The molecule has 2 amide bonds. The van der Waals surface area contributed by atoms with Crippen molar-refractivity contribution in [3.63, 3.8) is 0 Å². The molecule has 0 radical (unpaired) electrons. The highest BCUT2D eigenvalue weighted by Gasteiger charge is 2.36. The summed E-state index contributed by atoms with van der Waals surface area (Å²) in [5, 5.41) is 7.04. The molecule has 1 aliphatic rings. The molecule has 31 heavy (non-hydrogen) atoms. The molecule has 0 bridgehead atoms. The highest BCUT2D eigenvalue weighted by molar-refractivity contribution is 6.04. The number of methoxy groups -OCH3 is 1. The lowest BCUT2D eigenvalue weighted by Gasteiger charge is -2.19. The molecule has 160 valence electrons. The summed E-state index contributed by atoms with van der Waals surface area (Å²) in [7, 11) is 1.56. The van der Waals surface area contributed by atoms with Gasteiger partial charge in [-0.25, -0.2) is 0 Å². The number of benzene rings is 2. The SMILES string of the molecule is COc1ccccc1N1CC(C(=O)Nc2cccc(OCCn3cccn3)c2)CC1=O. The largest absolute Gasteiger partial charge is 0.495 e. The predicted molar refractivity (Wildman–Crippen MR) is 116 cm³/mol. The molecule has 8 nitrogen and oxygen atoms in total. The number of anilines is 2. The maximum atomic E-state index is 12.8. The number of hydrogen-bond donors (Lipinski definition) is 1. The highest BCUT2D eigenvalue weighted by atomic mass is 16.5. The Kier molecular flexibility index (Phi) is 6.16. The molecule has 1 aromatic heterocycles. The van der Waals surface area contributed by atoms with E-state index in [-0.39, 0.29) is 18.2 Å². The molecular weight excluding hydrogens is 396 g/mol. The van der Waals surface area contributed by atoms with Crippen LogP contribution in [-0.4, -0.2) is 41.9 Å². The predicted octanol–water partition coefficient (Wildman–Crippen LogP) is 2.96. The Morgan fingerprint density at radius 2 is 2.06 bits per heavy atom. The van der Waals surface area contributed by atoms with Crippen LogP contribution in [0.2, 0.25) is 0 Å². The fourth-order valence-electron chi connectivity index (χ4n) is 3.57. The maximum Gasteiger partial charge on any atom is 0.229 e. The van der Waals surface area contributed by atoms with Gasteiger partial charge in [-0.3, -0.25) is 14.3 Å². The van der Waals surface area contributed by atoms with E-state index in [0.717, 1.165) is 0 Å². The zero-order chi connectivity index (χ0) is 21.6. The van der Waals surface area contributed by atoms with Crippen molar-refractivity contribution in [1.29, 1.82) is 0 Å². The van der Waals surface area contributed by atoms with Gasteiger partial charge in [0.2, 0.25) is 11.8 Å². The highest BCUT2D eigenvalue weighted by Crippen LogP contribution is 2.33. The molecule has 1 atom stereocenters. The van der Waals surface area contributed by atoms with Crippen molar-refractivity contribution in [2.24, 2.45) is 5.92 Å². The number of carbonyl (C=O) groups is 2. The Hall–Kier alpha value is -3.81. The molecule has 1 fully saturated rings. The van der Waals surface area contributed by atoms with Gasteiger partial charge in [-0.1, -0.05) is 18.2 Å². The van der Waals surface area contributed by atoms with Crippen molar-refractivity contribution in [3.8, 4) is 11.5 Å². The second-order valence-corrected chi connectivity index (χ2v) is 7.21. The van der Waals surface area contributed by atoms with Gasteiger partial charge >= 0.3 is 0 Å². The number of hydrogen-bond acceptors (Lipinski definition) is 5. The Labute approximate surface area is 180 Å². The van der Waals surface area contributed by atoms with Crippen molar-refractivity contribution in [2.75, 3.05) is 30.5 Å². The van der Waals surface area contributed by atoms with Gasteiger partial charge < -0.3 is 19.7 Å². The number of amides is 2. The summed E-state index contributed by atoms with van der Waals surface area (Å²) in [4.78, 5) is 27.0. The summed E-state index contributed by atoms with van der Waals surface area (Å²) in [6.45, 7) is 1.40. The molecule has 0 spiro atoms. The average Bonchev–Trinajstić information content (AvgIpc) is 3.44. The number of ether oxygens (including phenoxy) is 2. The van der Waals surface area contributed by atoms with E-state index in [0.29, 0.717) is 42.6 Å². The molecule has 4 rings (SSSR count). The van der Waals surface area contributed by atoms with Crippen LogP contribution in [0.3, 0.4) is 0 Å². The monoisotopic (exact) mass is 420 g/mol. The molecule has 0 saturated carbocycles. The number of para-hydroxylation sites is 2. The summed E-state index contributed by atoms with van der Waals surface area (Å²) in [5.41, 5.74) is 1.31. The normalized spacial score (nSPS) is 15.7. The van der Waals surface area contributed by atoms with Gasteiger partial charge in [0.05, 0.1) is 25.3 Å². The third kappa shape index (κ3) is 4.85. The number of rotatable bonds is 8. The molecule has 3 aromatic rings. The topological polar surface area (TPSA) is 85.7 Å². The van der Waals surface area contributed by atoms with Crippen LogP contribution in [0.15, 0.2) is 67.0 Å². The van der Waals surface area contributed by atoms with E-state index < -0.39 is 5.92 Å². The van der Waals surface area contributed by atoms with Crippen LogP contribution in [0, 0.1) is 5.92 Å². The van der Waals surface area contributed by atoms with Crippen molar-refractivity contribution in [1.82, 2.24) is 9.78 Å². The first-order valence-corrected chi connectivity index (χ1v) is 10.1.